The summed E-state index contributed by atoms with van der Waals surface area (Å²) in [5.74, 6) is -0.303. The molecule has 0 saturated heterocycles. The first-order valence-corrected chi connectivity index (χ1v) is 4.93. The maximum atomic E-state index is 11.7. The van der Waals surface area contributed by atoms with Gasteiger partial charge in [0.2, 0.25) is 11.8 Å². The van der Waals surface area contributed by atoms with Crippen LogP contribution in [0.2, 0.25) is 0 Å². The van der Waals surface area contributed by atoms with E-state index in [1.807, 2.05) is 0 Å². The summed E-state index contributed by atoms with van der Waals surface area (Å²) in [6.07, 6.45) is 0. The van der Waals surface area contributed by atoms with E-state index in [0.717, 1.165) is 0 Å². The van der Waals surface area contributed by atoms with Crippen molar-refractivity contribution < 1.29 is 9.59 Å². The average Bonchev–Trinajstić information content (AvgIpc) is 2.16. The van der Waals surface area contributed by atoms with Crippen LogP contribution in [0.1, 0.15) is 20.8 Å². The fourth-order valence-electron chi connectivity index (χ4n) is 0.940. The summed E-state index contributed by atoms with van der Waals surface area (Å²) in [6.45, 7) is 5.19. The molecule has 0 fully saturated rings. The first-order valence-electron chi connectivity index (χ1n) is 4.93. The molecule has 0 radical (unpaired) electrons. The van der Waals surface area contributed by atoms with E-state index < -0.39 is 11.6 Å². The van der Waals surface area contributed by atoms with Crippen LogP contribution in [0.25, 0.3) is 0 Å². The lowest BCUT2D eigenvalue weighted by molar-refractivity contribution is -0.135. The molecule has 0 bridgehead atoms. The molecule has 0 heterocycles. The Balaban J connectivity index is 4.37. The number of nitrogens with zero attached hydrogens (tertiary/aromatic N) is 1. The van der Waals surface area contributed by atoms with Gasteiger partial charge in [0.05, 0.1) is 5.54 Å². The molecule has 0 aromatic rings. The normalized spacial score (nSPS) is 13.2. The van der Waals surface area contributed by atoms with Crippen molar-refractivity contribution in [2.24, 2.45) is 0 Å². The molecule has 2 N–H and O–H groups in total. The van der Waals surface area contributed by atoms with Crippen LogP contribution >= 0.6 is 0 Å². The van der Waals surface area contributed by atoms with Crippen LogP contribution in [-0.2, 0) is 9.59 Å². The fraction of sp³-hybridized carbons (Fsp3) is 0.800. The molecule has 0 aliphatic rings. The molecular weight excluding hydrogens is 194 g/mol. The monoisotopic (exact) mass is 215 g/mol. The van der Waals surface area contributed by atoms with Gasteiger partial charge in [0.1, 0.15) is 6.04 Å². The van der Waals surface area contributed by atoms with E-state index in [-0.39, 0.29) is 11.8 Å². The van der Waals surface area contributed by atoms with Gasteiger partial charge in [-0.2, -0.15) is 0 Å². The Morgan fingerprint density at radius 3 is 2.07 bits per heavy atom. The van der Waals surface area contributed by atoms with E-state index in [4.69, 9.17) is 0 Å². The maximum absolute atomic E-state index is 11.7. The van der Waals surface area contributed by atoms with Gasteiger partial charge in [-0.05, 0) is 27.8 Å². The molecule has 2 amide bonds. The Kier molecular flexibility index (Phi) is 4.74. The highest BCUT2D eigenvalue weighted by molar-refractivity contribution is 5.91. The Labute approximate surface area is 91.2 Å². The molecular formula is C10H21N3O2. The SMILES string of the molecule is CNC(C)(C)C(=O)NC(C)C(=O)N(C)C. The van der Waals surface area contributed by atoms with Gasteiger partial charge in [-0.15, -0.1) is 0 Å². The highest BCUT2D eigenvalue weighted by Gasteiger charge is 2.28. The molecule has 1 atom stereocenters. The molecule has 0 aliphatic heterocycles. The molecule has 88 valence electrons. The van der Waals surface area contributed by atoms with Gasteiger partial charge < -0.3 is 15.5 Å². The van der Waals surface area contributed by atoms with Crippen molar-refractivity contribution in [3.05, 3.63) is 0 Å². The Bertz CT molecular complexity index is 249. The van der Waals surface area contributed by atoms with Crippen molar-refractivity contribution in [1.82, 2.24) is 15.5 Å². The van der Waals surface area contributed by atoms with E-state index >= 15 is 0 Å². The molecule has 0 saturated carbocycles. The third kappa shape index (κ3) is 3.87. The number of carbonyl (C=O) groups is 2. The lowest BCUT2D eigenvalue weighted by Gasteiger charge is -2.26. The first kappa shape index (κ1) is 13.9. The minimum atomic E-state index is -0.666. The van der Waals surface area contributed by atoms with Crippen LogP contribution < -0.4 is 10.6 Å². The number of likely N-dealkylation sites (N-methyl/N-ethyl adjacent to an activating group) is 2. The van der Waals surface area contributed by atoms with Gasteiger partial charge >= 0.3 is 0 Å². The van der Waals surface area contributed by atoms with Crippen LogP contribution in [0.4, 0.5) is 0 Å². The van der Waals surface area contributed by atoms with Crippen molar-refractivity contribution in [1.29, 1.82) is 0 Å². The Morgan fingerprint density at radius 1 is 1.27 bits per heavy atom. The largest absolute Gasteiger partial charge is 0.347 e. The average molecular weight is 215 g/mol. The number of carbonyl (C=O) groups excluding carboxylic acids is 2. The summed E-state index contributed by atoms with van der Waals surface area (Å²) in [5, 5.41) is 5.54. The molecule has 0 aliphatic carbocycles. The second-order valence-electron chi connectivity index (χ2n) is 4.30. The zero-order chi connectivity index (χ0) is 12.2. The summed E-state index contributed by atoms with van der Waals surface area (Å²) in [4.78, 5) is 24.6. The Hall–Kier alpha value is -1.10. The highest BCUT2D eigenvalue weighted by atomic mass is 16.2. The highest BCUT2D eigenvalue weighted by Crippen LogP contribution is 2.01. The van der Waals surface area contributed by atoms with Crippen molar-refractivity contribution in [3.63, 3.8) is 0 Å². The van der Waals surface area contributed by atoms with Crippen molar-refractivity contribution >= 4 is 11.8 Å². The van der Waals surface area contributed by atoms with Gasteiger partial charge in [-0.25, -0.2) is 0 Å². The maximum Gasteiger partial charge on any atom is 0.244 e. The second-order valence-corrected chi connectivity index (χ2v) is 4.30. The minimum absolute atomic E-state index is 0.116. The van der Waals surface area contributed by atoms with Gasteiger partial charge in [0, 0.05) is 14.1 Å². The zero-order valence-electron chi connectivity index (χ0n) is 10.3. The van der Waals surface area contributed by atoms with E-state index in [1.165, 1.54) is 4.90 Å². The van der Waals surface area contributed by atoms with Crippen LogP contribution in [0, 0.1) is 0 Å². The summed E-state index contributed by atoms with van der Waals surface area (Å²) in [7, 11) is 5.03. The summed E-state index contributed by atoms with van der Waals surface area (Å²) >= 11 is 0. The lowest BCUT2D eigenvalue weighted by Crippen LogP contribution is -2.55. The molecule has 0 aromatic carbocycles. The predicted octanol–water partition coefficient (Wildman–Crippen LogP) is -0.423. The molecule has 15 heavy (non-hydrogen) atoms. The van der Waals surface area contributed by atoms with Crippen LogP contribution in [0.3, 0.4) is 0 Å². The van der Waals surface area contributed by atoms with Crippen molar-refractivity contribution in [2.75, 3.05) is 21.1 Å². The zero-order valence-corrected chi connectivity index (χ0v) is 10.3. The Morgan fingerprint density at radius 2 is 1.73 bits per heavy atom. The first-order chi connectivity index (χ1) is 6.72. The quantitative estimate of drug-likeness (QED) is 0.669. The van der Waals surface area contributed by atoms with Crippen LogP contribution in [0.5, 0.6) is 0 Å². The number of hydrogen-bond donors (Lipinski definition) is 2. The summed E-state index contributed by atoms with van der Waals surface area (Å²) in [6, 6.07) is -0.500. The molecule has 5 nitrogen and oxygen atoms in total. The number of hydrogen-bond acceptors (Lipinski definition) is 3. The van der Waals surface area contributed by atoms with Gasteiger partial charge in [-0.1, -0.05) is 0 Å². The van der Waals surface area contributed by atoms with E-state index in [2.05, 4.69) is 10.6 Å². The minimum Gasteiger partial charge on any atom is -0.347 e. The van der Waals surface area contributed by atoms with Gasteiger partial charge in [0.15, 0.2) is 0 Å². The molecule has 0 aromatic heterocycles. The number of nitrogens with one attached hydrogen (secondary N) is 2. The van der Waals surface area contributed by atoms with Crippen molar-refractivity contribution in [3.8, 4) is 0 Å². The van der Waals surface area contributed by atoms with Crippen LogP contribution in [-0.4, -0.2) is 49.4 Å². The molecule has 1 unspecified atom stereocenters. The molecule has 0 spiro atoms. The standard InChI is InChI=1S/C10H21N3O2/c1-7(8(14)13(5)6)12-9(15)10(2,3)11-4/h7,11H,1-6H3,(H,12,15). The van der Waals surface area contributed by atoms with E-state index in [1.54, 1.807) is 41.9 Å². The smallest absolute Gasteiger partial charge is 0.244 e. The molecule has 5 heteroatoms. The topological polar surface area (TPSA) is 61.4 Å². The fourth-order valence-corrected chi connectivity index (χ4v) is 0.940. The summed E-state index contributed by atoms with van der Waals surface area (Å²) < 4.78 is 0. The van der Waals surface area contributed by atoms with E-state index in [9.17, 15) is 9.59 Å². The summed E-state index contributed by atoms with van der Waals surface area (Å²) in [5.41, 5.74) is -0.666. The van der Waals surface area contributed by atoms with Gasteiger partial charge in [-0.3, -0.25) is 9.59 Å². The molecule has 0 rings (SSSR count). The number of amides is 2. The lowest BCUT2D eigenvalue weighted by atomic mass is 10.0. The predicted molar refractivity (Wildman–Crippen MR) is 59.4 cm³/mol. The third-order valence-corrected chi connectivity index (χ3v) is 2.35. The second kappa shape index (κ2) is 5.11. The van der Waals surface area contributed by atoms with Crippen LogP contribution in [0.15, 0.2) is 0 Å². The van der Waals surface area contributed by atoms with Gasteiger partial charge in [0.25, 0.3) is 0 Å². The van der Waals surface area contributed by atoms with Crippen molar-refractivity contribution in [2.45, 2.75) is 32.4 Å². The van der Waals surface area contributed by atoms with E-state index in [0.29, 0.717) is 0 Å². The third-order valence-electron chi connectivity index (χ3n) is 2.35. The number of rotatable bonds is 4.